The zero-order chi connectivity index (χ0) is 20.0. The number of nitrogens with one attached hydrogen (secondary N) is 1. The van der Waals surface area contributed by atoms with Gasteiger partial charge in [0.1, 0.15) is 18.0 Å². The lowest BCUT2D eigenvalue weighted by Crippen LogP contribution is -2.32. The number of rotatable bonds is 7. The minimum atomic E-state index is -0.730. The second kappa shape index (κ2) is 9.12. The molecule has 0 saturated carbocycles. The van der Waals surface area contributed by atoms with Crippen LogP contribution in [0.1, 0.15) is 51.6 Å². The van der Waals surface area contributed by atoms with Crippen molar-refractivity contribution in [1.29, 1.82) is 0 Å². The number of amides is 1. The quantitative estimate of drug-likeness (QED) is 0.756. The Labute approximate surface area is 157 Å². The van der Waals surface area contributed by atoms with Crippen LogP contribution in [0, 0.1) is 12.7 Å². The van der Waals surface area contributed by atoms with Gasteiger partial charge < -0.3 is 14.6 Å². The fraction of sp³-hybridized carbons (Fsp3) is 0.350. The first-order valence-electron chi connectivity index (χ1n) is 8.76. The van der Waals surface area contributed by atoms with Gasteiger partial charge in [0.25, 0.3) is 11.5 Å². The highest BCUT2D eigenvalue weighted by Gasteiger charge is 2.18. The predicted octanol–water partition coefficient (Wildman–Crippen LogP) is 2.81. The largest absolute Gasteiger partial charge is 0.457 e. The highest BCUT2D eigenvalue weighted by atomic mass is 19.1. The summed E-state index contributed by atoms with van der Waals surface area (Å²) in [7, 11) is 1.41. The van der Waals surface area contributed by atoms with Crippen LogP contribution in [0.25, 0.3) is 0 Å². The number of esters is 1. The van der Waals surface area contributed by atoms with Crippen LogP contribution in [0.4, 0.5) is 4.39 Å². The van der Waals surface area contributed by atoms with Gasteiger partial charge in [-0.15, -0.1) is 0 Å². The Bertz CT molecular complexity index is 905. The molecule has 144 valence electrons. The van der Waals surface area contributed by atoms with Gasteiger partial charge in [-0.05, 0) is 25.0 Å². The lowest BCUT2D eigenvalue weighted by molar-refractivity contribution is 0.0467. The highest BCUT2D eigenvalue weighted by Crippen LogP contribution is 2.14. The Morgan fingerprint density at radius 1 is 1.30 bits per heavy atom. The predicted molar refractivity (Wildman–Crippen MR) is 99.3 cm³/mol. The van der Waals surface area contributed by atoms with E-state index in [0.717, 1.165) is 12.8 Å². The van der Waals surface area contributed by atoms with Gasteiger partial charge in [-0.25, -0.2) is 9.18 Å². The van der Waals surface area contributed by atoms with E-state index >= 15 is 0 Å². The van der Waals surface area contributed by atoms with Crippen molar-refractivity contribution in [2.45, 2.75) is 39.8 Å². The average Bonchev–Trinajstić information content (AvgIpc) is 2.67. The fourth-order valence-corrected chi connectivity index (χ4v) is 2.59. The van der Waals surface area contributed by atoms with Gasteiger partial charge in [-0.3, -0.25) is 9.59 Å². The Kier molecular flexibility index (Phi) is 6.87. The smallest absolute Gasteiger partial charge is 0.339 e. The molecule has 0 aliphatic heterocycles. The molecule has 1 aromatic heterocycles. The van der Waals surface area contributed by atoms with Gasteiger partial charge in [-0.2, -0.15) is 0 Å². The van der Waals surface area contributed by atoms with E-state index in [-0.39, 0.29) is 23.3 Å². The summed E-state index contributed by atoms with van der Waals surface area (Å²) in [5.74, 6) is -1.74. The molecule has 0 spiro atoms. The molecule has 0 bridgehead atoms. The van der Waals surface area contributed by atoms with E-state index in [1.54, 1.807) is 19.1 Å². The summed E-state index contributed by atoms with van der Waals surface area (Å²) in [5.41, 5.74) is 0.180. The molecule has 2 aromatic rings. The molecule has 0 unspecified atom stereocenters. The summed E-state index contributed by atoms with van der Waals surface area (Å²) in [4.78, 5) is 36.8. The summed E-state index contributed by atoms with van der Waals surface area (Å²) in [5, 5.41) is 2.39. The van der Waals surface area contributed by atoms with Gasteiger partial charge in [0.15, 0.2) is 0 Å². The van der Waals surface area contributed by atoms with Crippen LogP contribution in [0.2, 0.25) is 0 Å². The Hall–Kier alpha value is -2.96. The number of unbranched alkanes of at least 4 members (excludes halogenated alkanes) is 1. The summed E-state index contributed by atoms with van der Waals surface area (Å²) in [6.45, 7) is 3.74. The summed E-state index contributed by atoms with van der Waals surface area (Å²) < 4.78 is 20.6. The van der Waals surface area contributed by atoms with Crippen molar-refractivity contribution in [3.05, 3.63) is 68.9 Å². The first-order chi connectivity index (χ1) is 12.9. The van der Waals surface area contributed by atoms with E-state index in [1.165, 1.54) is 29.9 Å². The lowest BCUT2D eigenvalue weighted by Gasteiger charge is -2.11. The van der Waals surface area contributed by atoms with E-state index in [9.17, 15) is 18.8 Å². The maximum absolute atomic E-state index is 14.0. The fourth-order valence-electron chi connectivity index (χ4n) is 2.59. The molecular weight excluding hydrogens is 351 g/mol. The van der Waals surface area contributed by atoms with E-state index in [2.05, 4.69) is 5.32 Å². The van der Waals surface area contributed by atoms with Gasteiger partial charge in [0, 0.05) is 25.4 Å². The number of pyridine rings is 1. The van der Waals surface area contributed by atoms with Crippen LogP contribution in [0.3, 0.4) is 0 Å². The molecule has 0 aliphatic rings. The van der Waals surface area contributed by atoms with Gasteiger partial charge in [0.05, 0.1) is 5.56 Å². The lowest BCUT2D eigenvalue weighted by atomic mass is 10.1. The van der Waals surface area contributed by atoms with Crippen LogP contribution >= 0.6 is 0 Å². The van der Waals surface area contributed by atoms with Gasteiger partial charge in [0.2, 0.25) is 0 Å². The van der Waals surface area contributed by atoms with Crippen molar-refractivity contribution >= 4 is 11.9 Å². The van der Waals surface area contributed by atoms with Crippen LogP contribution in [-0.4, -0.2) is 23.5 Å². The zero-order valence-corrected chi connectivity index (χ0v) is 15.7. The summed E-state index contributed by atoms with van der Waals surface area (Å²) in [6, 6.07) is 6.04. The number of halogens is 1. The molecule has 1 heterocycles. The third-order valence-corrected chi connectivity index (χ3v) is 4.18. The average molecular weight is 374 g/mol. The second-order valence-corrected chi connectivity index (χ2v) is 6.20. The minimum Gasteiger partial charge on any atom is -0.457 e. The third kappa shape index (κ3) is 4.81. The molecule has 0 fully saturated rings. The number of hydrogen-bond acceptors (Lipinski definition) is 4. The maximum atomic E-state index is 14.0. The maximum Gasteiger partial charge on any atom is 0.339 e. The van der Waals surface area contributed by atoms with E-state index in [1.807, 2.05) is 6.92 Å². The number of benzene rings is 1. The second-order valence-electron chi connectivity index (χ2n) is 6.20. The molecule has 1 N–H and O–H groups in total. The molecule has 27 heavy (non-hydrogen) atoms. The van der Waals surface area contributed by atoms with E-state index in [0.29, 0.717) is 12.1 Å². The van der Waals surface area contributed by atoms with Crippen molar-refractivity contribution < 1.29 is 18.7 Å². The number of ether oxygens (including phenoxy) is 1. The molecule has 2 rings (SSSR count). The molecule has 7 heteroatoms. The molecule has 0 radical (unpaired) electrons. The van der Waals surface area contributed by atoms with Gasteiger partial charge in [-0.1, -0.05) is 31.5 Å². The Balaban J connectivity index is 2.29. The Morgan fingerprint density at radius 2 is 2.04 bits per heavy atom. The number of aryl methyl sites for hydroxylation is 2. The van der Waals surface area contributed by atoms with E-state index in [4.69, 9.17) is 4.74 Å². The van der Waals surface area contributed by atoms with Crippen molar-refractivity contribution in [3.63, 3.8) is 0 Å². The van der Waals surface area contributed by atoms with Crippen LogP contribution in [-0.2, 0) is 17.9 Å². The molecule has 0 saturated heterocycles. The van der Waals surface area contributed by atoms with Crippen molar-refractivity contribution in [1.82, 2.24) is 9.88 Å². The minimum absolute atomic E-state index is 0.0670. The van der Waals surface area contributed by atoms with Crippen molar-refractivity contribution in [2.24, 2.45) is 0 Å². The number of hydrogen-bond donors (Lipinski definition) is 1. The SMILES string of the molecule is CCCCn1cc(C(=O)OCc2cccc(C)c2F)cc(C(=O)NC)c1=O. The van der Waals surface area contributed by atoms with Crippen molar-refractivity contribution in [2.75, 3.05) is 7.05 Å². The van der Waals surface area contributed by atoms with Gasteiger partial charge >= 0.3 is 5.97 Å². The zero-order valence-electron chi connectivity index (χ0n) is 15.7. The Morgan fingerprint density at radius 3 is 2.70 bits per heavy atom. The van der Waals surface area contributed by atoms with Crippen LogP contribution in [0.5, 0.6) is 0 Å². The van der Waals surface area contributed by atoms with Crippen molar-refractivity contribution in [3.8, 4) is 0 Å². The first-order valence-corrected chi connectivity index (χ1v) is 8.76. The molecule has 0 aliphatic carbocycles. The molecule has 1 aromatic carbocycles. The van der Waals surface area contributed by atoms with Crippen LogP contribution < -0.4 is 10.9 Å². The first kappa shape index (κ1) is 20.4. The molecule has 6 nitrogen and oxygen atoms in total. The normalized spacial score (nSPS) is 10.5. The topological polar surface area (TPSA) is 77.4 Å². The van der Waals surface area contributed by atoms with E-state index < -0.39 is 23.3 Å². The molecule has 0 atom stereocenters. The molecule has 1 amide bonds. The number of nitrogens with zero attached hydrogens (tertiary/aromatic N) is 1. The third-order valence-electron chi connectivity index (χ3n) is 4.18. The number of aromatic nitrogens is 1. The monoisotopic (exact) mass is 374 g/mol. The highest BCUT2D eigenvalue weighted by molar-refractivity contribution is 5.97. The molecular formula is C20H23FN2O4. The summed E-state index contributed by atoms with van der Waals surface area (Å²) >= 11 is 0. The number of carbonyl (C=O) groups is 2. The number of carbonyl (C=O) groups excluding carboxylic acids is 2. The van der Waals surface area contributed by atoms with Crippen LogP contribution in [0.15, 0.2) is 35.3 Å². The summed E-state index contributed by atoms with van der Waals surface area (Å²) in [6.07, 6.45) is 2.95. The standard InChI is InChI=1S/C20H23FN2O4/c1-4-5-9-23-11-15(10-16(19(23)25)18(24)22-3)20(26)27-12-14-8-6-7-13(2)17(14)21/h6-8,10-11H,4-5,9,12H2,1-3H3,(H,22,24).